The van der Waals surface area contributed by atoms with Crippen LogP contribution in [-0.2, 0) is 6.42 Å². The van der Waals surface area contributed by atoms with Crippen LogP contribution in [0.15, 0.2) is 29.3 Å². The predicted molar refractivity (Wildman–Crippen MR) is 99.0 cm³/mol. The van der Waals surface area contributed by atoms with Crippen LogP contribution in [0.4, 0.5) is 0 Å². The van der Waals surface area contributed by atoms with Gasteiger partial charge in [0.2, 0.25) is 5.56 Å². The van der Waals surface area contributed by atoms with Crippen LogP contribution in [0.1, 0.15) is 59.1 Å². The Bertz CT molecular complexity index is 891. The molecular weight excluding hydrogens is 348 g/mol. The highest BCUT2D eigenvalue weighted by molar-refractivity contribution is 5.94. The van der Waals surface area contributed by atoms with E-state index in [0.717, 1.165) is 5.69 Å². The highest BCUT2D eigenvalue weighted by Gasteiger charge is 2.26. The monoisotopic (exact) mass is 372 g/mol. The average molecular weight is 372 g/mol. The van der Waals surface area contributed by atoms with Gasteiger partial charge in [-0.15, -0.1) is 0 Å². The quantitative estimate of drug-likeness (QED) is 0.834. The van der Waals surface area contributed by atoms with Crippen LogP contribution < -0.4 is 5.56 Å². The largest absolute Gasteiger partial charge is 0.478 e. The second-order valence-electron chi connectivity index (χ2n) is 7.39. The van der Waals surface area contributed by atoms with Crippen molar-refractivity contribution in [2.75, 3.05) is 13.1 Å². The number of hydrogen-bond donors (Lipinski definition) is 2. The number of carbonyl (C=O) groups is 2. The molecule has 8 heteroatoms. The number of amides is 1. The highest BCUT2D eigenvalue weighted by Crippen LogP contribution is 2.23. The number of rotatable bonds is 5. The van der Waals surface area contributed by atoms with Crippen LogP contribution in [0.3, 0.4) is 0 Å². The van der Waals surface area contributed by atoms with Crippen LogP contribution in [0, 0.1) is 5.92 Å². The van der Waals surface area contributed by atoms with E-state index in [0.29, 0.717) is 43.8 Å². The Morgan fingerprint density at radius 1 is 1.26 bits per heavy atom. The Hall–Kier alpha value is -2.90. The van der Waals surface area contributed by atoms with Crippen molar-refractivity contribution in [2.45, 2.75) is 39.2 Å². The zero-order valence-corrected chi connectivity index (χ0v) is 15.5. The summed E-state index contributed by atoms with van der Waals surface area (Å²) in [6.45, 7) is 5.20. The number of carbonyl (C=O) groups excluding carboxylic acids is 1. The summed E-state index contributed by atoms with van der Waals surface area (Å²) in [7, 11) is 0. The first kappa shape index (κ1) is 18.9. The Kier molecular flexibility index (Phi) is 5.43. The second-order valence-corrected chi connectivity index (χ2v) is 7.39. The Labute approximate surface area is 156 Å². The van der Waals surface area contributed by atoms with E-state index >= 15 is 0 Å². The van der Waals surface area contributed by atoms with Crippen LogP contribution >= 0.6 is 0 Å². The van der Waals surface area contributed by atoms with Gasteiger partial charge in [0, 0.05) is 36.6 Å². The highest BCUT2D eigenvalue weighted by atomic mass is 16.4. The molecule has 144 valence electrons. The van der Waals surface area contributed by atoms with Crippen molar-refractivity contribution in [1.29, 1.82) is 0 Å². The first-order valence-electron chi connectivity index (χ1n) is 9.13. The molecule has 2 aromatic heterocycles. The van der Waals surface area contributed by atoms with Crippen molar-refractivity contribution in [1.82, 2.24) is 19.7 Å². The van der Waals surface area contributed by atoms with Gasteiger partial charge >= 0.3 is 5.97 Å². The number of piperidine rings is 1. The number of nitrogens with zero attached hydrogens (tertiary/aromatic N) is 3. The summed E-state index contributed by atoms with van der Waals surface area (Å²) in [6, 6.07) is 3.19. The van der Waals surface area contributed by atoms with Crippen LogP contribution in [0.25, 0.3) is 0 Å². The fraction of sp³-hybridized carbons (Fsp3) is 0.474. The maximum Gasteiger partial charge on any atom is 0.338 e. The number of nitrogens with one attached hydrogen (secondary N) is 1. The van der Waals surface area contributed by atoms with Crippen LogP contribution in [0.5, 0.6) is 0 Å². The lowest BCUT2D eigenvalue weighted by molar-refractivity contribution is 0.0688. The molecular formula is C19H24N4O4. The molecule has 0 spiro atoms. The lowest BCUT2D eigenvalue weighted by atomic mass is 10.0. The number of aromatic nitrogens is 3. The smallest absolute Gasteiger partial charge is 0.338 e. The standard InChI is InChI=1S/C19H24N4O4/c1-12(2)7-15-8-13(9-17(24)21-15)18(25)22-5-3-16(4-6-22)23-11-14(10-20-23)19(26)27/h8-12,16H,3-7H2,1-2H3,(H,21,24)(H,26,27). The molecule has 0 saturated carbocycles. The number of aromatic amines is 1. The minimum Gasteiger partial charge on any atom is -0.478 e. The predicted octanol–water partition coefficient (Wildman–Crippen LogP) is 1.95. The molecule has 3 rings (SSSR count). The molecule has 2 aromatic rings. The number of carboxylic acids is 1. The van der Waals surface area contributed by atoms with Gasteiger partial charge in [-0.1, -0.05) is 13.8 Å². The summed E-state index contributed by atoms with van der Waals surface area (Å²) in [5.41, 5.74) is 1.09. The number of H-pyrrole nitrogens is 1. The first-order valence-corrected chi connectivity index (χ1v) is 9.13. The molecule has 0 aliphatic carbocycles. The number of aromatic carboxylic acids is 1. The molecule has 27 heavy (non-hydrogen) atoms. The van der Waals surface area contributed by atoms with Gasteiger partial charge in [-0.25, -0.2) is 4.79 Å². The minimum atomic E-state index is -1.000. The summed E-state index contributed by atoms with van der Waals surface area (Å²) in [6.07, 6.45) is 4.96. The van der Waals surface area contributed by atoms with Crippen LogP contribution in [0.2, 0.25) is 0 Å². The SMILES string of the molecule is CC(C)Cc1cc(C(=O)N2CCC(n3cc(C(=O)O)cn3)CC2)cc(=O)[nH]1. The molecule has 1 saturated heterocycles. The molecule has 3 heterocycles. The van der Waals surface area contributed by atoms with Gasteiger partial charge < -0.3 is 15.0 Å². The molecule has 1 aliphatic rings. The molecule has 0 unspecified atom stereocenters. The van der Waals surface area contributed by atoms with Gasteiger partial charge in [-0.3, -0.25) is 14.3 Å². The maximum absolute atomic E-state index is 12.8. The van der Waals surface area contributed by atoms with E-state index in [2.05, 4.69) is 23.9 Å². The van der Waals surface area contributed by atoms with E-state index in [9.17, 15) is 14.4 Å². The number of hydrogen-bond acceptors (Lipinski definition) is 4. The van der Waals surface area contributed by atoms with Crippen molar-refractivity contribution in [3.63, 3.8) is 0 Å². The summed E-state index contributed by atoms with van der Waals surface area (Å²) in [5, 5.41) is 13.1. The summed E-state index contributed by atoms with van der Waals surface area (Å²) >= 11 is 0. The van der Waals surface area contributed by atoms with Crippen molar-refractivity contribution in [3.05, 3.63) is 51.7 Å². The maximum atomic E-state index is 12.8. The molecule has 0 radical (unpaired) electrons. The molecule has 1 amide bonds. The molecule has 0 atom stereocenters. The van der Waals surface area contributed by atoms with E-state index in [4.69, 9.17) is 5.11 Å². The van der Waals surface area contributed by atoms with Gasteiger partial charge in [0.15, 0.2) is 0 Å². The number of pyridine rings is 1. The fourth-order valence-corrected chi connectivity index (χ4v) is 3.44. The van der Waals surface area contributed by atoms with E-state index in [-0.39, 0.29) is 23.1 Å². The molecule has 0 aromatic carbocycles. The zero-order valence-electron chi connectivity index (χ0n) is 15.5. The summed E-state index contributed by atoms with van der Waals surface area (Å²) in [4.78, 5) is 40.2. The lowest BCUT2D eigenvalue weighted by Crippen LogP contribution is -2.39. The zero-order chi connectivity index (χ0) is 19.6. The van der Waals surface area contributed by atoms with E-state index in [1.54, 1.807) is 15.6 Å². The minimum absolute atomic E-state index is 0.0674. The van der Waals surface area contributed by atoms with Gasteiger partial charge in [0.05, 0.1) is 17.8 Å². The first-order chi connectivity index (χ1) is 12.8. The number of carboxylic acid groups (broad SMARTS) is 1. The molecule has 0 bridgehead atoms. The molecule has 1 fully saturated rings. The lowest BCUT2D eigenvalue weighted by Gasteiger charge is -2.32. The van der Waals surface area contributed by atoms with Crippen molar-refractivity contribution in [3.8, 4) is 0 Å². The Morgan fingerprint density at radius 2 is 1.96 bits per heavy atom. The molecule has 1 aliphatic heterocycles. The molecule has 8 nitrogen and oxygen atoms in total. The van der Waals surface area contributed by atoms with Crippen molar-refractivity contribution in [2.24, 2.45) is 5.92 Å². The van der Waals surface area contributed by atoms with Gasteiger partial charge in [-0.2, -0.15) is 5.10 Å². The summed E-state index contributed by atoms with van der Waals surface area (Å²) in [5.74, 6) is -0.761. The molecule has 2 N–H and O–H groups in total. The third kappa shape index (κ3) is 4.45. The van der Waals surface area contributed by atoms with Gasteiger partial charge in [-0.05, 0) is 31.2 Å². The third-order valence-electron chi connectivity index (χ3n) is 4.75. The summed E-state index contributed by atoms with van der Waals surface area (Å²) < 4.78 is 1.67. The van der Waals surface area contributed by atoms with Crippen LogP contribution in [-0.4, -0.2) is 49.7 Å². The Balaban J connectivity index is 1.67. The van der Waals surface area contributed by atoms with Crippen molar-refractivity contribution < 1.29 is 14.7 Å². The fourth-order valence-electron chi connectivity index (χ4n) is 3.44. The van der Waals surface area contributed by atoms with E-state index < -0.39 is 5.97 Å². The normalized spacial score (nSPS) is 15.3. The van der Waals surface area contributed by atoms with Crippen molar-refractivity contribution >= 4 is 11.9 Å². The van der Waals surface area contributed by atoms with Gasteiger partial charge in [0.25, 0.3) is 5.91 Å². The Morgan fingerprint density at radius 3 is 2.56 bits per heavy atom. The third-order valence-corrected chi connectivity index (χ3v) is 4.75. The topological polar surface area (TPSA) is 108 Å². The average Bonchev–Trinajstić information content (AvgIpc) is 3.10. The van der Waals surface area contributed by atoms with E-state index in [1.165, 1.54) is 18.5 Å². The van der Waals surface area contributed by atoms with Gasteiger partial charge in [0.1, 0.15) is 0 Å². The second kappa shape index (κ2) is 7.77. The number of likely N-dealkylation sites (tertiary alicyclic amines) is 1. The van der Waals surface area contributed by atoms with E-state index in [1.807, 2.05) is 0 Å².